The molecule has 0 saturated heterocycles. The zero-order valence-electron chi connectivity index (χ0n) is 18.1. The molecule has 33 heavy (non-hydrogen) atoms. The Morgan fingerprint density at radius 2 is 1.88 bits per heavy atom. The van der Waals surface area contributed by atoms with Gasteiger partial charge < -0.3 is 5.11 Å². The predicted molar refractivity (Wildman–Crippen MR) is 122 cm³/mol. The number of amides is 2. The van der Waals surface area contributed by atoms with Crippen LogP contribution in [-0.4, -0.2) is 53.9 Å². The smallest absolute Gasteiger partial charge is 0.412 e. The molecular formula is C23H25N3O6S. The molecule has 0 aliphatic carbocycles. The highest BCUT2D eigenvalue weighted by Gasteiger charge is 2.39. The van der Waals surface area contributed by atoms with Gasteiger partial charge in [-0.05, 0) is 48.6 Å². The standard InChI is InChI=1S/C23H25N3O6S/c1-2-3-14-25(23(28)29)19-10-8-17(9-11-19)13-16-33(31,32)26-15-12-18-6-4-5-7-20(18)21(26)22(27)24-30/h4-11,21,30H,12-16H2,1H3,(H,24,27)(H,28,29)/t21-/m0/s1. The minimum absolute atomic E-state index is 0.0320. The van der Waals surface area contributed by atoms with Crippen LogP contribution in [0.3, 0.4) is 0 Å². The third-order valence-electron chi connectivity index (χ3n) is 5.50. The number of hydroxylamine groups is 1. The first-order valence-corrected chi connectivity index (χ1v) is 11.9. The van der Waals surface area contributed by atoms with E-state index >= 15 is 0 Å². The normalized spacial score (nSPS) is 15.6. The van der Waals surface area contributed by atoms with Gasteiger partial charge in [0.25, 0.3) is 5.91 Å². The number of carbonyl (C=O) groups excluding carboxylic acids is 1. The number of fused-ring (bicyclic) bond motifs is 1. The number of anilines is 1. The molecule has 2 amide bonds. The highest BCUT2D eigenvalue weighted by Crippen LogP contribution is 2.32. The van der Waals surface area contributed by atoms with Crippen LogP contribution in [0.25, 0.3) is 0 Å². The molecule has 0 unspecified atom stereocenters. The molecule has 0 fully saturated rings. The molecule has 1 atom stereocenters. The van der Waals surface area contributed by atoms with Gasteiger partial charge in [0.2, 0.25) is 10.0 Å². The Morgan fingerprint density at radius 1 is 1.18 bits per heavy atom. The number of nitrogens with one attached hydrogen (secondary N) is 1. The van der Waals surface area contributed by atoms with Crippen LogP contribution in [0.4, 0.5) is 10.5 Å². The lowest BCUT2D eigenvalue weighted by Gasteiger charge is -2.34. The highest BCUT2D eigenvalue weighted by atomic mass is 32.2. The van der Waals surface area contributed by atoms with E-state index in [1.807, 2.05) is 12.1 Å². The number of carbonyl (C=O) groups is 2. The summed E-state index contributed by atoms with van der Waals surface area (Å²) < 4.78 is 27.4. The fourth-order valence-electron chi connectivity index (χ4n) is 3.81. The molecule has 2 aromatic carbocycles. The number of carboxylic acid groups (broad SMARTS) is 1. The summed E-state index contributed by atoms with van der Waals surface area (Å²) in [5, 5.41) is 18.6. The quantitative estimate of drug-likeness (QED) is 0.323. The minimum atomic E-state index is -3.84. The van der Waals surface area contributed by atoms with Crippen LogP contribution in [0.2, 0.25) is 0 Å². The molecule has 3 rings (SSSR count). The number of hydrogen-bond donors (Lipinski definition) is 3. The lowest BCUT2D eigenvalue weighted by molar-refractivity contribution is -0.133. The summed E-state index contributed by atoms with van der Waals surface area (Å²) in [5.41, 5.74) is 4.14. The summed E-state index contributed by atoms with van der Waals surface area (Å²) in [7, 11) is -3.84. The van der Waals surface area contributed by atoms with Gasteiger partial charge in [0.1, 0.15) is 6.04 Å². The van der Waals surface area contributed by atoms with Crippen molar-refractivity contribution in [2.75, 3.05) is 23.7 Å². The second kappa shape index (κ2) is 10.5. The van der Waals surface area contributed by atoms with Gasteiger partial charge in [-0.1, -0.05) is 42.3 Å². The molecule has 9 nitrogen and oxygen atoms in total. The van der Waals surface area contributed by atoms with Gasteiger partial charge >= 0.3 is 6.09 Å². The van der Waals surface area contributed by atoms with Crippen LogP contribution in [0, 0.1) is 11.8 Å². The number of sulfonamides is 1. The van der Waals surface area contributed by atoms with Crippen LogP contribution in [0.15, 0.2) is 48.5 Å². The maximum atomic E-state index is 13.1. The van der Waals surface area contributed by atoms with Crippen LogP contribution in [-0.2, 0) is 27.7 Å². The van der Waals surface area contributed by atoms with Crippen molar-refractivity contribution in [1.82, 2.24) is 9.79 Å². The third-order valence-corrected chi connectivity index (χ3v) is 7.32. The van der Waals surface area contributed by atoms with E-state index < -0.39 is 28.1 Å². The van der Waals surface area contributed by atoms with E-state index in [-0.39, 0.29) is 25.3 Å². The Kier molecular flexibility index (Phi) is 7.71. The number of nitrogens with zero attached hydrogens (tertiary/aromatic N) is 2. The van der Waals surface area contributed by atoms with E-state index in [1.165, 1.54) is 0 Å². The molecule has 0 spiro atoms. The monoisotopic (exact) mass is 471 g/mol. The summed E-state index contributed by atoms with van der Waals surface area (Å²) in [6.07, 6.45) is -0.493. The molecule has 0 bridgehead atoms. The van der Waals surface area contributed by atoms with Crippen molar-refractivity contribution in [3.8, 4) is 11.8 Å². The molecule has 3 N–H and O–H groups in total. The lowest BCUT2D eigenvalue weighted by Crippen LogP contribution is -2.47. The number of aryl methyl sites for hydroxylation is 1. The first-order valence-electron chi connectivity index (χ1n) is 10.3. The maximum absolute atomic E-state index is 13.1. The lowest BCUT2D eigenvalue weighted by atomic mass is 9.94. The van der Waals surface area contributed by atoms with Gasteiger partial charge in [0.15, 0.2) is 0 Å². The molecule has 1 aliphatic heterocycles. The summed E-state index contributed by atoms with van der Waals surface area (Å²) >= 11 is 0. The first-order chi connectivity index (χ1) is 15.8. The van der Waals surface area contributed by atoms with Crippen LogP contribution >= 0.6 is 0 Å². The largest absolute Gasteiger partial charge is 0.465 e. The van der Waals surface area contributed by atoms with Crippen molar-refractivity contribution in [1.29, 1.82) is 0 Å². The van der Waals surface area contributed by atoms with Crippen LogP contribution < -0.4 is 10.4 Å². The molecule has 2 aromatic rings. The number of hydrogen-bond acceptors (Lipinski definition) is 5. The molecule has 0 radical (unpaired) electrons. The summed E-state index contributed by atoms with van der Waals surface area (Å²) in [4.78, 5) is 24.9. The van der Waals surface area contributed by atoms with Gasteiger partial charge in [-0.3, -0.25) is 14.9 Å². The number of benzene rings is 2. The summed E-state index contributed by atoms with van der Waals surface area (Å²) in [6.45, 7) is 1.78. The Hall–Kier alpha value is -3.39. The van der Waals surface area contributed by atoms with E-state index in [9.17, 15) is 28.3 Å². The molecule has 0 saturated carbocycles. The van der Waals surface area contributed by atoms with E-state index in [4.69, 9.17) is 0 Å². The van der Waals surface area contributed by atoms with Gasteiger partial charge in [0.05, 0.1) is 12.3 Å². The van der Waals surface area contributed by atoms with E-state index in [0.717, 1.165) is 14.8 Å². The Labute approximate surface area is 192 Å². The Balaban J connectivity index is 1.76. The third kappa shape index (κ3) is 5.51. The Morgan fingerprint density at radius 3 is 2.52 bits per heavy atom. The zero-order valence-corrected chi connectivity index (χ0v) is 18.9. The van der Waals surface area contributed by atoms with Crippen molar-refractivity contribution in [3.63, 3.8) is 0 Å². The highest BCUT2D eigenvalue weighted by molar-refractivity contribution is 7.89. The zero-order chi connectivity index (χ0) is 24.0. The van der Waals surface area contributed by atoms with Crippen LogP contribution in [0.5, 0.6) is 0 Å². The Bertz CT molecular complexity index is 1180. The van der Waals surface area contributed by atoms with Crippen molar-refractivity contribution in [2.24, 2.45) is 0 Å². The summed E-state index contributed by atoms with van der Waals surface area (Å²) in [6, 6.07) is 12.5. The summed E-state index contributed by atoms with van der Waals surface area (Å²) in [5.74, 6) is 4.31. The topological polar surface area (TPSA) is 127 Å². The second-order valence-corrected chi connectivity index (χ2v) is 9.51. The second-order valence-electron chi connectivity index (χ2n) is 7.47. The van der Waals surface area contributed by atoms with Gasteiger partial charge in [-0.25, -0.2) is 18.7 Å². The maximum Gasteiger partial charge on any atom is 0.412 e. The minimum Gasteiger partial charge on any atom is -0.465 e. The first kappa shape index (κ1) is 24.3. The number of rotatable bonds is 7. The van der Waals surface area contributed by atoms with E-state index in [1.54, 1.807) is 48.8 Å². The average molecular weight is 472 g/mol. The van der Waals surface area contributed by atoms with Crippen molar-refractivity contribution in [3.05, 3.63) is 65.2 Å². The van der Waals surface area contributed by atoms with E-state index in [0.29, 0.717) is 23.2 Å². The van der Waals surface area contributed by atoms with Crippen molar-refractivity contribution >= 4 is 27.7 Å². The molecule has 1 heterocycles. The van der Waals surface area contributed by atoms with Crippen molar-refractivity contribution in [2.45, 2.75) is 25.8 Å². The van der Waals surface area contributed by atoms with Crippen LogP contribution in [0.1, 0.15) is 29.7 Å². The van der Waals surface area contributed by atoms with E-state index in [2.05, 4.69) is 11.8 Å². The predicted octanol–water partition coefficient (Wildman–Crippen LogP) is 2.17. The molecule has 1 aliphatic rings. The fraction of sp³-hybridized carbons (Fsp3) is 0.304. The SMILES string of the molecule is CC#CCN(C(=O)O)c1ccc(CCS(=O)(=O)N2CCc3ccccc3[C@H]2C(=O)NO)cc1. The molecule has 0 aromatic heterocycles. The van der Waals surface area contributed by atoms with Gasteiger partial charge in [0, 0.05) is 12.2 Å². The molecule has 10 heteroatoms. The molecule has 174 valence electrons. The van der Waals surface area contributed by atoms with Gasteiger partial charge in [-0.2, -0.15) is 4.31 Å². The fourth-order valence-corrected chi connectivity index (χ4v) is 5.44. The van der Waals surface area contributed by atoms with Gasteiger partial charge in [-0.15, -0.1) is 5.92 Å². The molecular weight excluding hydrogens is 446 g/mol. The average Bonchev–Trinajstić information content (AvgIpc) is 2.82. The van der Waals surface area contributed by atoms with Crippen molar-refractivity contribution < 1.29 is 28.3 Å².